The standard InChI is InChI=1S/C15H12ClNO3/c1-9-6-12-14(20-9)7-13(15(18)19)17(12)8-10-2-4-11(16)5-3-10/h2-7H,8H2,1H3,(H,18,19). The summed E-state index contributed by atoms with van der Waals surface area (Å²) in [6.45, 7) is 2.30. The lowest BCUT2D eigenvalue weighted by molar-refractivity contribution is 0.0686. The third-order valence-electron chi connectivity index (χ3n) is 3.19. The van der Waals surface area contributed by atoms with E-state index >= 15 is 0 Å². The van der Waals surface area contributed by atoms with Gasteiger partial charge in [0.1, 0.15) is 11.5 Å². The molecule has 0 atom stereocenters. The molecule has 3 rings (SSSR count). The molecule has 0 amide bonds. The van der Waals surface area contributed by atoms with E-state index in [0.717, 1.165) is 16.8 Å². The quantitative estimate of drug-likeness (QED) is 0.794. The highest BCUT2D eigenvalue weighted by molar-refractivity contribution is 6.30. The SMILES string of the molecule is Cc1cc2c(cc(C(=O)O)n2Cc2ccc(Cl)cc2)o1. The molecule has 20 heavy (non-hydrogen) atoms. The van der Waals surface area contributed by atoms with Crippen LogP contribution in [0.4, 0.5) is 0 Å². The number of aromatic nitrogens is 1. The molecule has 2 aromatic heterocycles. The highest BCUT2D eigenvalue weighted by Crippen LogP contribution is 2.25. The maximum atomic E-state index is 11.3. The van der Waals surface area contributed by atoms with E-state index < -0.39 is 5.97 Å². The fourth-order valence-electron chi connectivity index (χ4n) is 2.28. The average molecular weight is 290 g/mol. The maximum Gasteiger partial charge on any atom is 0.352 e. The second-order valence-corrected chi connectivity index (χ2v) is 5.09. The van der Waals surface area contributed by atoms with Crippen molar-refractivity contribution in [3.8, 4) is 0 Å². The minimum Gasteiger partial charge on any atom is -0.477 e. The normalized spacial score (nSPS) is 11.1. The van der Waals surface area contributed by atoms with Crippen LogP contribution in [0.15, 0.2) is 40.8 Å². The van der Waals surface area contributed by atoms with Crippen molar-refractivity contribution in [2.24, 2.45) is 0 Å². The van der Waals surface area contributed by atoms with Crippen molar-refractivity contribution in [3.05, 3.63) is 58.4 Å². The van der Waals surface area contributed by atoms with E-state index in [1.165, 1.54) is 0 Å². The first-order chi connectivity index (χ1) is 9.54. The number of fused-ring (bicyclic) bond motifs is 1. The molecule has 102 valence electrons. The second-order valence-electron chi connectivity index (χ2n) is 4.65. The fourth-order valence-corrected chi connectivity index (χ4v) is 2.41. The fraction of sp³-hybridized carbons (Fsp3) is 0.133. The summed E-state index contributed by atoms with van der Waals surface area (Å²) in [5, 5.41) is 9.95. The number of nitrogens with zero attached hydrogens (tertiary/aromatic N) is 1. The van der Waals surface area contributed by atoms with E-state index in [9.17, 15) is 9.90 Å². The molecule has 0 fully saturated rings. The first-order valence-corrected chi connectivity index (χ1v) is 6.50. The second kappa shape index (κ2) is 4.72. The van der Waals surface area contributed by atoms with Crippen molar-refractivity contribution in [1.29, 1.82) is 0 Å². The van der Waals surface area contributed by atoms with Crippen LogP contribution in [-0.4, -0.2) is 15.6 Å². The van der Waals surface area contributed by atoms with Gasteiger partial charge in [0.15, 0.2) is 5.58 Å². The molecule has 0 saturated carbocycles. The zero-order chi connectivity index (χ0) is 14.3. The molecular formula is C15H12ClNO3. The molecule has 0 aliphatic carbocycles. The molecular weight excluding hydrogens is 278 g/mol. The highest BCUT2D eigenvalue weighted by atomic mass is 35.5. The van der Waals surface area contributed by atoms with Gasteiger partial charge < -0.3 is 14.1 Å². The number of hydrogen-bond acceptors (Lipinski definition) is 2. The predicted octanol–water partition coefficient (Wildman–Crippen LogP) is 3.94. The van der Waals surface area contributed by atoms with Crippen molar-refractivity contribution < 1.29 is 14.3 Å². The van der Waals surface area contributed by atoms with E-state index in [2.05, 4.69) is 0 Å². The van der Waals surface area contributed by atoms with Gasteiger partial charge >= 0.3 is 5.97 Å². The number of carboxylic acid groups (broad SMARTS) is 1. The van der Waals surface area contributed by atoms with E-state index in [1.54, 1.807) is 22.8 Å². The first kappa shape index (κ1) is 12.8. The van der Waals surface area contributed by atoms with Crippen LogP contribution >= 0.6 is 11.6 Å². The molecule has 0 unspecified atom stereocenters. The lowest BCUT2D eigenvalue weighted by atomic mass is 10.2. The third kappa shape index (κ3) is 2.18. The Labute approximate surface area is 120 Å². The molecule has 0 spiro atoms. The number of rotatable bonds is 3. The molecule has 0 radical (unpaired) electrons. The van der Waals surface area contributed by atoms with Gasteiger partial charge in [-0.15, -0.1) is 0 Å². The Bertz CT molecular complexity index is 783. The summed E-state index contributed by atoms with van der Waals surface area (Å²) in [7, 11) is 0. The zero-order valence-corrected chi connectivity index (χ0v) is 11.5. The van der Waals surface area contributed by atoms with Crippen molar-refractivity contribution >= 4 is 28.7 Å². The van der Waals surface area contributed by atoms with E-state index in [0.29, 0.717) is 17.2 Å². The summed E-state index contributed by atoms with van der Waals surface area (Å²) in [5.41, 5.74) is 2.57. The summed E-state index contributed by atoms with van der Waals surface area (Å²) >= 11 is 5.86. The van der Waals surface area contributed by atoms with Crippen LogP contribution in [0.1, 0.15) is 21.8 Å². The molecule has 0 bridgehead atoms. The molecule has 0 saturated heterocycles. The van der Waals surface area contributed by atoms with Crippen molar-refractivity contribution in [2.75, 3.05) is 0 Å². The van der Waals surface area contributed by atoms with Crippen LogP contribution in [-0.2, 0) is 6.54 Å². The summed E-state index contributed by atoms with van der Waals surface area (Å²) in [6.07, 6.45) is 0. The van der Waals surface area contributed by atoms with Gasteiger partial charge in [0.25, 0.3) is 0 Å². The van der Waals surface area contributed by atoms with Gasteiger partial charge in [-0.2, -0.15) is 0 Å². The number of hydrogen-bond donors (Lipinski definition) is 1. The van der Waals surface area contributed by atoms with E-state index in [4.69, 9.17) is 16.0 Å². The minimum absolute atomic E-state index is 0.216. The largest absolute Gasteiger partial charge is 0.477 e. The van der Waals surface area contributed by atoms with Crippen LogP contribution in [0.3, 0.4) is 0 Å². The number of aryl methyl sites for hydroxylation is 1. The lowest BCUT2D eigenvalue weighted by Crippen LogP contribution is -2.09. The lowest BCUT2D eigenvalue weighted by Gasteiger charge is -2.07. The molecule has 2 heterocycles. The maximum absolute atomic E-state index is 11.3. The van der Waals surface area contributed by atoms with Crippen LogP contribution in [0, 0.1) is 6.92 Å². The number of furan rings is 1. The Hall–Kier alpha value is -2.20. The summed E-state index contributed by atoms with van der Waals surface area (Å²) in [5.74, 6) is -0.209. The topological polar surface area (TPSA) is 55.4 Å². The number of aromatic carboxylic acids is 1. The highest BCUT2D eigenvalue weighted by Gasteiger charge is 2.17. The van der Waals surface area contributed by atoms with Crippen molar-refractivity contribution in [3.63, 3.8) is 0 Å². The Morgan fingerprint density at radius 1 is 1.30 bits per heavy atom. The van der Waals surface area contributed by atoms with Gasteiger partial charge in [-0.1, -0.05) is 23.7 Å². The van der Waals surface area contributed by atoms with E-state index in [-0.39, 0.29) is 5.69 Å². The van der Waals surface area contributed by atoms with Crippen LogP contribution in [0.25, 0.3) is 11.1 Å². The van der Waals surface area contributed by atoms with Crippen LogP contribution < -0.4 is 0 Å². The number of benzene rings is 1. The van der Waals surface area contributed by atoms with Gasteiger partial charge in [0, 0.05) is 23.7 Å². The van der Waals surface area contributed by atoms with Gasteiger partial charge in [-0.05, 0) is 24.6 Å². The first-order valence-electron chi connectivity index (χ1n) is 6.12. The van der Waals surface area contributed by atoms with E-state index in [1.807, 2.05) is 25.1 Å². The summed E-state index contributed by atoms with van der Waals surface area (Å²) in [6, 6.07) is 10.7. The molecule has 0 aliphatic rings. The molecule has 1 N–H and O–H groups in total. The van der Waals surface area contributed by atoms with Gasteiger partial charge in [-0.3, -0.25) is 0 Å². The van der Waals surface area contributed by atoms with Crippen LogP contribution in [0.5, 0.6) is 0 Å². The Balaban J connectivity index is 2.10. The Morgan fingerprint density at radius 2 is 2.00 bits per heavy atom. The monoisotopic (exact) mass is 289 g/mol. The summed E-state index contributed by atoms with van der Waals surface area (Å²) < 4.78 is 7.22. The van der Waals surface area contributed by atoms with Gasteiger partial charge in [0.2, 0.25) is 0 Å². The zero-order valence-electron chi connectivity index (χ0n) is 10.8. The third-order valence-corrected chi connectivity index (χ3v) is 3.44. The van der Waals surface area contributed by atoms with Gasteiger partial charge in [0.05, 0.1) is 5.52 Å². The molecule has 1 aromatic carbocycles. The number of halogens is 1. The minimum atomic E-state index is -0.969. The molecule has 3 aromatic rings. The number of carbonyl (C=O) groups is 1. The average Bonchev–Trinajstić information content (AvgIpc) is 2.90. The molecule has 4 nitrogen and oxygen atoms in total. The predicted molar refractivity (Wildman–Crippen MR) is 76.5 cm³/mol. The molecule has 5 heteroatoms. The smallest absolute Gasteiger partial charge is 0.352 e. The Morgan fingerprint density at radius 3 is 2.65 bits per heavy atom. The van der Waals surface area contributed by atoms with Gasteiger partial charge in [-0.25, -0.2) is 4.79 Å². The molecule has 0 aliphatic heterocycles. The number of carboxylic acids is 1. The van der Waals surface area contributed by atoms with Crippen molar-refractivity contribution in [1.82, 2.24) is 4.57 Å². The van der Waals surface area contributed by atoms with Crippen molar-refractivity contribution in [2.45, 2.75) is 13.5 Å². The summed E-state index contributed by atoms with van der Waals surface area (Å²) in [4.78, 5) is 11.3. The van der Waals surface area contributed by atoms with Crippen LogP contribution in [0.2, 0.25) is 5.02 Å². The Kier molecular flexibility index (Phi) is 3.03.